The van der Waals surface area contributed by atoms with Gasteiger partial charge in [0.1, 0.15) is 17.0 Å². The first-order chi connectivity index (χ1) is 18.5. The molecule has 0 unspecified atom stereocenters. The number of benzene rings is 5. The van der Waals surface area contributed by atoms with E-state index in [1.165, 1.54) is 27.6 Å². The summed E-state index contributed by atoms with van der Waals surface area (Å²) in [6.45, 7) is 9.08. The third-order valence-electron chi connectivity index (χ3n) is 7.75. The lowest BCUT2D eigenvalue weighted by atomic mass is 9.92. The van der Waals surface area contributed by atoms with E-state index in [1.54, 1.807) is 0 Å². The molecule has 0 amide bonds. The number of hydrogen-bond acceptors (Lipinski definition) is 2. The minimum Gasteiger partial charge on any atom is -0.455 e. The van der Waals surface area contributed by atoms with Gasteiger partial charge in [-0.1, -0.05) is 100 Å². The molecule has 2 heterocycles. The van der Waals surface area contributed by atoms with E-state index in [1.807, 2.05) is 0 Å². The Morgan fingerprint density at radius 3 is 2.13 bits per heavy atom. The van der Waals surface area contributed by atoms with Crippen LogP contribution in [0, 0.1) is 0 Å². The van der Waals surface area contributed by atoms with Crippen LogP contribution in [0.1, 0.15) is 50.7 Å². The molecule has 0 saturated carbocycles. The van der Waals surface area contributed by atoms with Gasteiger partial charge in [-0.2, -0.15) is 0 Å². The SMILES string of the molecule is CC(C)c1cccc(C(C)C)c1-n1c(-c2cccc3c2oc2ccc4ccccc4c23)nc2ccccc21. The number of hydrogen-bond donors (Lipinski definition) is 0. The number of fused-ring (bicyclic) bond motifs is 6. The van der Waals surface area contributed by atoms with Crippen molar-refractivity contribution >= 4 is 43.7 Å². The van der Waals surface area contributed by atoms with Crippen LogP contribution in [-0.4, -0.2) is 9.55 Å². The van der Waals surface area contributed by atoms with Crippen LogP contribution < -0.4 is 0 Å². The summed E-state index contributed by atoms with van der Waals surface area (Å²) in [4.78, 5) is 5.25. The van der Waals surface area contributed by atoms with Gasteiger partial charge in [0.15, 0.2) is 0 Å². The smallest absolute Gasteiger partial charge is 0.149 e. The fourth-order valence-corrected chi connectivity index (χ4v) is 5.95. The monoisotopic (exact) mass is 494 g/mol. The van der Waals surface area contributed by atoms with E-state index < -0.39 is 0 Å². The largest absolute Gasteiger partial charge is 0.455 e. The highest BCUT2D eigenvalue weighted by Gasteiger charge is 2.24. The maximum Gasteiger partial charge on any atom is 0.149 e. The van der Waals surface area contributed by atoms with Crippen molar-refractivity contribution in [2.24, 2.45) is 0 Å². The van der Waals surface area contributed by atoms with Gasteiger partial charge in [-0.3, -0.25) is 4.57 Å². The quantitative estimate of drug-likeness (QED) is 0.244. The molecule has 0 aliphatic rings. The number of furan rings is 1. The van der Waals surface area contributed by atoms with Crippen LogP contribution in [-0.2, 0) is 0 Å². The van der Waals surface area contributed by atoms with Crippen molar-refractivity contribution < 1.29 is 4.42 Å². The summed E-state index contributed by atoms with van der Waals surface area (Å²) in [5, 5.41) is 4.71. The van der Waals surface area contributed by atoms with Crippen molar-refractivity contribution in [2.75, 3.05) is 0 Å². The van der Waals surface area contributed by atoms with Crippen molar-refractivity contribution in [1.82, 2.24) is 9.55 Å². The van der Waals surface area contributed by atoms with Crippen LogP contribution in [0.2, 0.25) is 0 Å². The van der Waals surface area contributed by atoms with E-state index in [2.05, 4.69) is 129 Å². The molecule has 7 rings (SSSR count). The van der Waals surface area contributed by atoms with Crippen molar-refractivity contribution in [3.63, 3.8) is 0 Å². The molecule has 0 radical (unpaired) electrons. The molecule has 0 aliphatic heterocycles. The van der Waals surface area contributed by atoms with Crippen molar-refractivity contribution in [1.29, 1.82) is 0 Å². The molecule has 0 aliphatic carbocycles. The van der Waals surface area contributed by atoms with Crippen LogP contribution in [0.5, 0.6) is 0 Å². The summed E-state index contributed by atoms with van der Waals surface area (Å²) >= 11 is 0. The fourth-order valence-electron chi connectivity index (χ4n) is 5.95. The molecular formula is C35H30N2O. The van der Waals surface area contributed by atoms with Gasteiger partial charge in [-0.25, -0.2) is 4.98 Å². The first-order valence-corrected chi connectivity index (χ1v) is 13.5. The zero-order valence-corrected chi connectivity index (χ0v) is 22.2. The Hall–Kier alpha value is -4.37. The third-order valence-corrected chi connectivity index (χ3v) is 7.75. The van der Waals surface area contributed by atoms with Crippen molar-refractivity contribution in [2.45, 2.75) is 39.5 Å². The van der Waals surface area contributed by atoms with Gasteiger partial charge >= 0.3 is 0 Å². The molecule has 186 valence electrons. The first kappa shape index (κ1) is 22.8. The van der Waals surface area contributed by atoms with Crippen LogP contribution in [0.25, 0.3) is 60.8 Å². The maximum atomic E-state index is 6.64. The predicted octanol–water partition coefficient (Wildman–Crippen LogP) is 9.99. The summed E-state index contributed by atoms with van der Waals surface area (Å²) in [7, 11) is 0. The van der Waals surface area contributed by atoms with Crippen LogP contribution >= 0.6 is 0 Å². The number of aromatic nitrogens is 2. The van der Waals surface area contributed by atoms with Crippen LogP contribution in [0.15, 0.2) is 101 Å². The van der Waals surface area contributed by atoms with E-state index in [0.717, 1.165) is 44.4 Å². The molecule has 0 spiro atoms. The van der Waals surface area contributed by atoms with E-state index in [-0.39, 0.29) is 0 Å². The molecule has 0 bridgehead atoms. The van der Waals surface area contributed by atoms with Crippen molar-refractivity contribution in [3.05, 3.63) is 108 Å². The van der Waals surface area contributed by atoms with Crippen LogP contribution in [0.4, 0.5) is 0 Å². The van der Waals surface area contributed by atoms with E-state index in [4.69, 9.17) is 9.40 Å². The van der Waals surface area contributed by atoms with E-state index in [0.29, 0.717) is 11.8 Å². The van der Waals surface area contributed by atoms with Crippen molar-refractivity contribution in [3.8, 4) is 17.1 Å². The molecule has 5 aromatic carbocycles. The second kappa shape index (κ2) is 8.59. The molecule has 3 nitrogen and oxygen atoms in total. The summed E-state index contributed by atoms with van der Waals surface area (Å²) in [6.07, 6.45) is 0. The first-order valence-electron chi connectivity index (χ1n) is 13.5. The Kier molecular flexibility index (Phi) is 5.16. The number of rotatable bonds is 4. The summed E-state index contributed by atoms with van der Waals surface area (Å²) in [5.74, 6) is 1.65. The normalized spacial score (nSPS) is 12.2. The van der Waals surface area contributed by atoms with Gasteiger partial charge in [0.05, 0.1) is 22.3 Å². The lowest BCUT2D eigenvalue weighted by Crippen LogP contribution is -2.08. The van der Waals surface area contributed by atoms with Gasteiger partial charge < -0.3 is 4.42 Å². The minimum atomic E-state index is 0.367. The van der Waals surface area contributed by atoms with Gasteiger partial charge in [0, 0.05) is 10.8 Å². The molecule has 7 aromatic rings. The highest BCUT2D eigenvalue weighted by Crippen LogP contribution is 2.42. The average molecular weight is 495 g/mol. The summed E-state index contributed by atoms with van der Waals surface area (Å²) < 4.78 is 9.01. The van der Waals surface area contributed by atoms with E-state index in [9.17, 15) is 0 Å². The third kappa shape index (κ3) is 3.31. The Morgan fingerprint density at radius 1 is 0.658 bits per heavy atom. The molecular weight excluding hydrogens is 464 g/mol. The van der Waals surface area contributed by atoms with E-state index >= 15 is 0 Å². The highest BCUT2D eigenvalue weighted by atomic mass is 16.3. The number of para-hydroxylation sites is 4. The molecule has 38 heavy (non-hydrogen) atoms. The molecule has 0 fully saturated rings. The van der Waals surface area contributed by atoms with Gasteiger partial charge in [0.25, 0.3) is 0 Å². The Balaban J connectivity index is 1.62. The Bertz CT molecular complexity index is 1960. The number of nitrogens with zero attached hydrogens (tertiary/aromatic N) is 2. The fraction of sp³-hybridized carbons (Fsp3) is 0.171. The van der Waals surface area contributed by atoms with Gasteiger partial charge in [-0.15, -0.1) is 0 Å². The Morgan fingerprint density at radius 2 is 1.34 bits per heavy atom. The zero-order valence-electron chi connectivity index (χ0n) is 22.2. The summed E-state index contributed by atoms with van der Waals surface area (Å²) in [6, 6.07) is 34.4. The topological polar surface area (TPSA) is 31.0 Å². The molecule has 0 saturated heterocycles. The van der Waals surface area contributed by atoms with Gasteiger partial charge in [0.2, 0.25) is 0 Å². The lowest BCUT2D eigenvalue weighted by molar-refractivity contribution is 0.669. The molecule has 0 N–H and O–H groups in total. The Labute approximate surface area is 222 Å². The predicted molar refractivity (Wildman–Crippen MR) is 159 cm³/mol. The lowest BCUT2D eigenvalue weighted by Gasteiger charge is -2.22. The highest BCUT2D eigenvalue weighted by molar-refractivity contribution is 6.20. The molecule has 3 heteroatoms. The van der Waals surface area contributed by atoms with Gasteiger partial charge in [-0.05, 0) is 58.0 Å². The zero-order chi connectivity index (χ0) is 26.0. The molecule has 2 aromatic heterocycles. The summed E-state index contributed by atoms with van der Waals surface area (Å²) in [5.41, 5.74) is 8.76. The maximum absolute atomic E-state index is 6.64. The van der Waals surface area contributed by atoms with Crippen LogP contribution in [0.3, 0.4) is 0 Å². The number of imidazole rings is 1. The standard InChI is InChI=1S/C35H30N2O/c1-21(2)24-13-9-14-25(22(3)4)33(24)37-30-18-8-7-17-29(30)36-35(37)28-16-10-15-27-32-26-12-6-5-11-23(26)19-20-31(32)38-34(27)28/h5-22H,1-4H3. The minimum absolute atomic E-state index is 0.367. The average Bonchev–Trinajstić information content (AvgIpc) is 3.51. The molecule has 0 atom stereocenters. The second-order valence-electron chi connectivity index (χ2n) is 10.8. The second-order valence-corrected chi connectivity index (χ2v) is 10.8.